The van der Waals surface area contributed by atoms with Crippen molar-refractivity contribution < 1.29 is 27.8 Å². The fourth-order valence-corrected chi connectivity index (χ4v) is 3.49. The summed E-state index contributed by atoms with van der Waals surface area (Å²) in [4.78, 5) is 11.7. The molecule has 1 N–H and O–H groups in total. The molecule has 0 aromatic heterocycles. The molecule has 1 aliphatic heterocycles. The third-order valence-corrected chi connectivity index (χ3v) is 5.49. The number of rotatable bonds is 2. The molecule has 0 aromatic carbocycles. The highest BCUT2D eigenvalue weighted by Crippen LogP contribution is 2.52. The van der Waals surface area contributed by atoms with Crippen molar-refractivity contribution in [2.24, 2.45) is 22.4 Å². The summed E-state index contributed by atoms with van der Waals surface area (Å²) in [5.74, 6) is -1.23. The quantitative estimate of drug-likeness (QED) is 0.839. The molecule has 5 nitrogen and oxygen atoms in total. The standard InChI is InChI=1S/C15H23F3N2O3/c1-5-13(2,3)9-6-7-11-10(8-9)14(22,15(16,17)18)20(19-11)12(21)23-4/h9-10,22H,5-8H2,1-4H3/t9-,10+,14+/m1/s1. The van der Waals surface area contributed by atoms with Crippen molar-refractivity contribution in [1.29, 1.82) is 0 Å². The number of alkyl halides is 3. The molecule has 0 saturated heterocycles. The van der Waals surface area contributed by atoms with E-state index in [9.17, 15) is 23.1 Å². The van der Waals surface area contributed by atoms with Gasteiger partial charge in [0.25, 0.3) is 5.72 Å². The maximum atomic E-state index is 13.6. The van der Waals surface area contributed by atoms with Crippen molar-refractivity contribution in [2.75, 3.05) is 7.11 Å². The van der Waals surface area contributed by atoms with Gasteiger partial charge in [0.2, 0.25) is 0 Å². The van der Waals surface area contributed by atoms with Gasteiger partial charge in [-0.1, -0.05) is 27.2 Å². The first kappa shape index (κ1) is 18.0. The minimum atomic E-state index is -5.02. The maximum absolute atomic E-state index is 13.6. The molecule has 1 heterocycles. The van der Waals surface area contributed by atoms with Gasteiger partial charge in [-0.15, -0.1) is 0 Å². The maximum Gasteiger partial charge on any atom is 0.439 e. The summed E-state index contributed by atoms with van der Waals surface area (Å²) in [5.41, 5.74) is -3.26. The van der Waals surface area contributed by atoms with E-state index in [2.05, 4.69) is 9.84 Å². The average molecular weight is 336 g/mol. The van der Waals surface area contributed by atoms with Crippen molar-refractivity contribution in [3.8, 4) is 0 Å². The Morgan fingerprint density at radius 2 is 2.09 bits per heavy atom. The molecule has 0 spiro atoms. The summed E-state index contributed by atoms with van der Waals surface area (Å²) in [7, 11) is 0.963. The third kappa shape index (κ3) is 2.70. The Morgan fingerprint density at radius 1 is 1.48 bits per heavy atom. The van der Waals surface area contributed by atoms with Crippen LogP contribution in [0.2, 0.25) is 0 Å². The van der Waals surface area contributed by atoms with Crippen molar-refractivity contribution in [2.45, 2.75) is 58.4 Å². The highest BCUT2D eigenvalue weighted by atomic mass is 19.4. The van der Waals surface area contributed by atoms with Gasteiger partial charge < -0.3 is 9.84 Å². The normalized spacial score (nSPS) is 31.7. The molecule has 1 amide bonds. The molecular weight excluding hydrogens is 313 g/mol. The van der Waals surface area contributed by atoms with Gasteiger partial charge in [-0.25, -0.2) is 4.79 Å². The molecule has 1 fully saturated rings. The molecular formula is C15H23F3N2O3. The Hall–Kier alpha value is -1.31. The Bertz CT molecular complexity index is 519. The lowest BCUT2D eigenvalue weighted by molar-refractivity contribution is -0.316. The largest absolute Gasteiger partial charge is 0.451 e. The van der Waals surface area contributed by atoms with E-state index in [-0.39, 0.29) is 28.5 Å². The minimum Gasteiger partial charge on any atom is -0.451 e. The van der Waals surface area contributed by atoms with E-state index in [1.54, 1.807) is 0 Å². The van der Waals surface area contributed by atoms with Crippen LogP contribution in [0.25, 0.3) is 0 Å². The Kier molecular flexibility index (Phi) is 4.43. The van der Waals surface area contributed by atoms with Gasteiger partial charge in [0, 0.05) is 5.71 Å². The Morgan fingerprint density at radius 3 is 2.57 bits per heavy atom. The van der Waals surface area contributed by atoms with Gasteiger partial charge in [0.15, 0.2) is 0 Å². The number of halogens is 3. The smallest absolute Gasteiger partial charge is 0.439 e. The van der Waals surface area contributed by atoms with Crippen LogP contribution in [0.4, 0.5) is 18.0 Å². The topological polar surface area (TPSA) is 62.1 Å². The second-order valence-corrected chi connectivity index (χ2v) is 6.96. The van der Waals surface area contributed by atoms with Crippen LogP contribution in [0, 0.1) is 17.3 Å². The van der Waals surface area contributed by atoms with Gasteiger partial charge in [0.1, 0.15) is 0 Å². The van der Waals surface area contributed by atoms with E-state index in [0.717, 1.165) is 13.5 Å². The first-order valence-corrected chi connectivity index (χ1v) is 7.73. The second-order valence-electron chi connectivity index (χ2n) is 6.96. The van der Waals surface area contributed by atoms with Crippen LogP contribution in [0.3, 0.4) is 0 Å². The minimum absolute atomic E-state index is 0.0166. The number of nitrogens with zero attached hydrogens (tertiary/aromatic N) is 2. The number of methoxy groups -OCH3 is 1. The summed E-state index contributed by atoms with van der Waals surface area (Å²) in [6.07, 6.45) is -4.33. The molecule has 2 aliphatic rings. The molecule has 1 saturated carbocycles. The molecule has 1 aliphatic carbocycles. The van der Waals surface area contributed by atoms with Gasteiger partial charge in [-0.05, 0) is 30.6 Å². The number of hydrazone groups is 1. The van der Waals surface area contributed by atoms with Gasteiger partial charge in [-0.2, -0.15) is 23.3 Å². The van der Waals surface area contributed by atoms with E-state index in [1.807, 2.05) is 20.8 Å². The van der Waals surface area contributed by atoms with Crippen molar-refractivity contribution >= 4 is 11.8 Å². The van der Waals surface area contributed by atoms with Crippen LogP contribution in [-0.2, 0) is 4.74 Å². The number of carbonyl (C=O) groups excluding carboxylic acids is 1. The number of hydrogen-bond donors (Lipinski definition) is 1. The lowest BCUT2D eigenvalue weighted by Crippen LogP contribution is -2.62. The summed E-state index contributed by atoms with van der Waals surface area (Å²) >= 11 is 0. The van der Waals surface area contributed by atoms with E-state index < -0.39 is 23.9 Å². The summed E-state index contributed by atoms with van der Waals surface area (Å²) in [6, 6.07) is 0. The van der Waals surface area contributed by atoms with Gasteiger partial charge in [0.05, 0.1) is 13.0 Å². The van der Waals surface area contributed by atoms with Crippen molar-refractivity contribution in [3.05, 3.63) is 0 Å². The van der Waals surface area contributed by atoms with Crippen LogP contribution in [-0.4, -0.2) is 40.9 Å². The number of aliphatic hydroxyl groups is 1. The monoisotopic (exact) mass is 336 g/mol. The first-order chi connectivity index (χ1) is 10.5. The number of ether oxygens (including phenoxy) is 1. The molecule has 0 bridgehead atoms. The lowest BCUT2D eigenvalue weighted by atomic mass is 9.64. The zero-order valence-corrected chi connectivity index (χ0v) is 13.8. The number of hydrogen-bond acceptors (Lipinski definition) is 4. The summed E-state index contributed by atoms with van der Waals surface area (Å²) in [6.45, 7) is 6.02. The van der Waals surface area contributed by atoms with E-state index in [4.69, 9.17) is 0 Å². The van der Waals surface area contributed by atoms with E-state index >= 15 is 0 Å². The molecule has 0 unspecified atom stereocenters. The number of carbonyl (C=O) groups is 1. The SMILES string of the molecule is CCC(C)(C)[C@@H]1CCC2=NN(C(=O)OC)[C@@](O)(C(F)(F)F)[C@H]2C1. The van der Waals surface area contributed by atoms with E-state index in [0.29, 0.717) is 12.8 Å². The summed E-state index contributed by atoms with van der Waals surface area (Å²) < 4.78 is 45.2. The van der Waals surface area contributed by atoms with Crippen LogP contribution in [0.5, 0.6) is 0 Å². The third-order valence-electron chi connectivity index (χ3n) is 5.49. The molecule has 3 atom stereocenters. The van der Waals surface area contributed by atoms with Crippen LogP contribution < -0.4 is 0 Å². The molecule has 0 aromatic rings. The zero-order valence-electron chi connectivity index (χ0n) is 13.8. The molecule has 8 heteroatoms. The van der Waals surface area contributed by atoms with Crippen LogP contribution >= 0.6 is 0 Å². The van der Waals surface area contributed by atoms with E-state index in [1.165, 1.54) is 0 Å². The number of amides is 1. The Labute approximate surface area is 133 Å². The van der Waals surface area contributed by atoms with Gasteiger partial charge in [-0.3, -0.25) is 0 Å². The predicted molar refractivity (Wildman–Crippen MR) is 77.6 cm³/mol. The number of fused-ring (bicyclic) bond motifs is 1. The highest BCUT2D eigenvalue weighted by Gasteiger charge is 2.69. The second kappa shape index (κ2) is 5.65. The molecule has 2 rings (SSSR count). The average Bonchev–Trinajstić information content (AvgIpc) is 2.80. The Balaban J connectivity index is 2.40. The van der Waals surface area contributed by atoms with Crippen LogP contribution in [0.1, 0.15) is 46.5 Å². The van der Waals surface area contributed by atoms with Crippen molar-refractivity contribution in [3.63, 3.8) is 0 Å². The summed E-state index contributed by atoms with van der Waals surface area (Å²) in [5, 5.41) is 14.2. The first-order valence-electron chi connectivity index (χ1n) is 7.73. The lowest BCUT2D eigenvalue weighted by Gasteiger charge is -2.43. The zero-order chi connectivity index (χ0) is 17.6. The highest BCUT2D eigenvalue weighted by molar-refractivity contribution is 5.92. The molecule has 132 valence electrons. The van der Waals surface area contributed by atoms with Crippen LogP contribution in [0.15, 0.2) is 5.10 Å². The molecule has 23 heavy (non-hydrogen) atoms. The fourth-order valence-electron chi connectivity index (χ4n) is 3.49. The van der Waals surface area contributed by atoms with Crippen molar-refractivity contribution in [1.82, 2.24) is 5.01 Å². The van der Waals surface area contributed by atoms with Gasteiger partial charge >= 0.3 is 12.3 Å². The predicted octanol–water partition coefficient (Wildman–Crippen LogP) is 3.53. The fraction of sp³-hybridized carbons (Fsp3) is 0.867. The molecule has 0 radical (unpaired) electrons.